The van der Waals surface area contributed by atoms with Crippen molar-refractivity contribution < 1.29 is 25.8 Å². The molecule has 7 rings (SSSR count). The molecule has 0 fully saturated rings. The Morgan fingerprint density at radius 3 is 1.92 bits per heavy atom. The molecule has 0 amide bonds. The second kappa shape index (κ2) is 7.82. The molecule has 0 aliphatic rings. The van der Waals surface area contributed by atoms with Gasteiger partial charge in [0.15, 0.2) is 5.75 Å². The van der Waals surface area contributed by atoms with Crippen LogP contribution in [0.5, 0.6) is 5.75 Å². The molecule has 0 radical (unpaired) electrons. The SMILES string of the molecule is O=S(=O)(Oc1cc2ccc(-c3ccc4ccc5cccc6ccc3c4c56)cc2c2ccccc12)C(F)(F)F. The second-order valence-electron chi connectivity index (χ2n) is 9.31. The lowest BCUT2D eigenvalue weighted by Gasteiger charge is -2.16. The molecule has 0 atom stereocenters. The van der Waals surface area contributed by atoms with E-state index in [0.29, 0.717) is 10.8 Å². The van der Waals surface area contributed by atoms with Crippen LogP contribution in [0, 0.1) is 0 Å². The first-order valence-corrected chi connectivity index (χ1v) is 13.3. The summed E-state index contributed by atoms with van der Waals surface area (Å²) in [6.07, 6.45) is 0. The Kier molecular flexibility index (Phi) is 4.69. The van der Waals surface area contributed by atoms with Crippen LogP contribution in [0.1, 0.15) is 0 Å². The van der Waals surface area contributed by atoms with Crippen molar-refractivity contribution in [1.82, 2.24) is 0 Å². The fourth-order valence-corrected chi connectivity index (χ4v) is 5.92. The average Bonchev–Trinajstić information content (AvgIpc) is 2.91. The Labute approximate surface area is 215 Å². The molecule has 0 spiro atoms. The molecular formula is C31H17F3O3S. The van der Waals surface area contributed by atoms with E-state index in [1.165, 1.54) is 27.6 Å². The molecule has 186 valence electrons. The minimum atomic E-state index is -5.81. The largest absolute Gasteiger partial charge is 0.534 e. The van der Waals surface area contributed by atoms with Crippen molar-refractivity contribution in [2.24, 2.45) is 0 Å². The van der Waals surface area contributed by atoms with Crippen molar-refractivity contribution in [3.8, 4) is 16.9 Å². The van der Waals surface area contributed by atoms with Gasteiger partial charge < -0.3 is 4.18 Å². The van der Waals surface area contributed by atoms with Gasteiger partial charge in [0.05, 0.1) is 0 Å². The summed E-state index contributed by atoms with van der Waals surface area (Å²) in [6, 6.07) is 32.6. The van der Waals surface area contributed by atoms with Gasteiger partial charge in [-0.1, -0.05) is 91.0 Å². The van der Waals surface area contributed by atoms with Crippen molar-refractivity contribution >= 4 is 64.0 Å². The van der Waals surface area contributed by atoms with Crippen LogP contribution in [0.2, 0.25) is 0 Å². The van der Waals surface area contributed by atoms with Crippen LogP contribution in [0.4, 0.5) is 13.2 Å². The van der Waals surface area contributed by atoms with Gasteiger partial charge in [0.25, 0.3) is 0 Å². The summed E-state index contributed by atoms with van der Waals surface area (Å²) >= 11 is 0. The van der Waals surface area contributed by atoms with Gasteiger partial charge in [0.2, 0.25) is 0 Å². The highest BCUT2D eigenvalue weighted by atomic mass is 32.2. The molecule has 0 saturated carbocycles. The van der Waals surface area contributed by atoms with Crippen LogP contribution in [-0.4, -0.2) is 13.9 Å². The van der Waals surface area contributed by atoms with Crippen LogP contribution in [-0.2, 0) is 10.1 Å². The van der Waals surface area contributed by atoms with E-state index in [0.717, 1.165) is 27.3 Å². The molecule has 0 heterocycles. The van der Waals surface area contributed by atoms with Crippen molar-refractivity contribution in [2.75, 3.05) is 0 Å². The van der Waals surface area contributed by atoms with E-state index >= 15 is 0 Å². The lowest BCUT2D eigenvalue weighted by Crippen LogP contribution is -2.28. The van der Waals surface area contributed by atoms with E-state index in [2.05, 4.69) is 58.8 Å². The van der Waals surface area contributed by atoms with Crippen LogP contribution in [0.15, 0.2) is 103 Å². The number of fused-ring (bicyclic) bond motifs is 3. The summed E-state index contributed by atoms with van der Waals surface area (Å²) in [5.74, 6) is -0.360. The van der Waals surface area contributed by atoms with Crippen molar-refractivity contribution in [3.63, 3.8) is 0 Å². The van der Waals surface area contributed by atoms with E-state index in [4.69, 9.17) is 0 Å². The number of halogens is 3. The second-order valence-corrected chi connectivity index (χ2v) is 10.8. The van der Waals surface area contributed by atoms with Gasteiger partial charge >= 0.3 is 15.6 Å². The van der Waals surface area contributed by atoms with Gasteiger partial charge in [-0.2, -0.15) is 21.6 Å². The molecule has 38 heavy (non-hydrogen) atoms. The predicted octanol–water partition coefficient (Wildman–Crippen LogP) is 8.79. The van der Waals surface area contributed by atoms with Crippen LogP contribution < -0.4 is 4.18 Å². The number of hydrogen-bond acceptors (Lipinski definition) is 3. The van der Waals surface area contributed by atoms with E-state index in [1.54, 1.807) is 30.3 Å². The summed E-state index contributed by atoms with van der Waals surface area (Å²) in [6.45, 7) is 0. The molecule has 0 aliphatic carbocycles. The van der Waals surface area contributed by atoms with Crippen LogP contribution in [0.25, 0.3) is 65.0 Å². The van der Waals surface area contributed by atoms with Gasteiger partial charge in [-0.15, -0.1) is 0 Å². The maximum absolute atomic E-state index is 13.0. The highest BCUT2D eigenvalue weighted by Crippen LogP contribution is 2.42. The first-order chi connectivity index (χ1) is 18.2. The Morgan fingerprint density at radius 1 is 0.553 bits per heavy atom. The lowest BCUT2D eigenvalue weighted by molar-refractivity contribution is -0.0499. The topological polar surface area (TPSA) is 43.4 Å². The number of alkyl halides is 3. The minimum absolute atomic E-state index is 0.278. The average molecular weight is 527 g/mol. The molecule has 7 aromatic carbocycles. The number of rotatable bonds is 3. The third kappa shape index (κ3) is 3.32. The summed E-state index contributed by atoms with van der Waals surface area (Å²) in [5, 5.41) is 9.20. The van der Waals surface area contributed by atoms with E-state index in [1.807, 2.05) is 12.1 Å². The Bertz CT molecular complexity index is 2150. The molecule has 3 nitrogen and oxygen atoms in total. The van der Waals surface area contributed by atoms with Gasteiger partial charge in [-0.05, 0) is 71.7 Å². The fourth-order valence-electron chi connectivity index (χ4n) is 5.46. The van der Waals surface area contributed by atoms with E-state index in [9.17, 15) is 21.6 Å². The maximum Gasteiger partial charge on any atom is 0.534 e. The van der Waals surface area contributed by atoms with Crippen LogP contribution in [0.3, 0.4) is 0 Å². The van der Waals surface area contributed by atoms with Gasteiger partial charge in [0, 0.05) is 5.39 Å². The maximum atomic E-state index is 13.0. The smallest absolute Gasteiger partial charge is 0.375 e. The Balaban J connectivity index is 1.47. The Morgan fingerprint density at radius 2 is 1.18 bits per heavy atom. The zero-order chi connectivity index (χ0) is 26.2. The molecule has 7 aromatic rings. The minimum Gasteiger partial charge on any atom is -0.375 e. The zero-order valence-electron chi connectivity index (χ0n) is 19.6. The summed E-state index contributed by atoms with van der Waals surface area (Å²) < 4.78 is 67.2. The first kappa shape index (κ1) is 22.8. The number of hydrogen-bond donors (Lipinski definition) is 0. The highest BCUT2D eigenvalue weighted by molar-refractivity contribution is 7.88. The van der Waals surface area contributed by atoms with Crippen molar-refractivity contribution in [2.45, 2.75) is 5.51 Å². The molecule has 0 bridgehead atoms. The Hall–Kier alpha value is -4.36. The first-order valence-electron chi connectivity index (χ1n) is 11.8. The van der Waals surface area contributed by atoms with Crippen molar-refractivity contribution in [1.29, 1.82) is 0 Å². The third-order valence-electron chi connectivity index (χ3n) is 7.15. The normalized spacial score (nSPS) is 12.8. The molecule has 0 unspecified atom stereocenters. The summed E-state index contributed by atoms with van der Waals surface area (Å²) in [4.78, 5) is 0. The molecule has 7 heteroatoms. The molecule has 0 N–H and O–H groups in total. The lowest BCUT2D eigenvalue weighted by atomic mass is 9.89. The van der Waals surface area contributed by atoms with Gasteiger partial charge in [-0.3, -0.25) is 0 Å². The highest BCUT2D eigenvalue weighted by Gasteiger charge is 2.48. The number of benzene rings is 7. The molecule has 0 aliphatic heterocycles. The summed E-state index contributed by atoms with van der Waals surface area (Å²) in [5.41, 5.74) is -3.55. The standard InChI is InChI=1S/C31H17F3O3S/c32-31(33,34)38(35,36)37-28-17-22-11-10-21(16-27(22)24-6-1-2-7-25(24)28)23-14-12-20-9-8-18-4-3-5-19-13-15-26(23)30(20)29(18)19/h1-17H. The van der Waals surface area contributed by atoms with Gasteiger partial charge in [0.1, 0.15) is 0 Å². The summed E-state index contributed by atoms with van der Waals surface area (Å²) in [7, 11) is -5.81. The van der Waals surface area contributed by atoms with E-state index in [-0.39, 0.29) is 11.1 Å². The quantitative estimate of drug-likeness (QED) is 0.131. The predicted molar refractivity (Wildman–Crippen MR) is 146 cm³/mol. The van der Waals surface area contributed by atoms with E-state index < -0.39 is 15.6 Å². The van der Waals surface area contributed by atoms with Crippen LogP contribution >= 0.6 is 0 Å². The molecule has 0 saturated heterocycles. The monoisotopic (exact) mass is 526 g/mol. The zero-order valence-corrected chi connectivity index (χ0v) is 20.4. The molecular weight excluding hydrogens is 509 g/mol. The van der Waals surface area contributed by atoms with Crippen molar-refractivity contribution in [3.05, 3.63) is 103 Å². The molecule has 0 aromatic heterocycles. The van der Waals surface area contributed by atoms with Gasteiger partial charge in [-0.25, -0.2) is 0 Å². The fraction of sp³-hybridized carbons (Fsp3) is 0.0323. The third-order valence-corrected chi connectivity index (χ3v) is 8.11.